The van der Waals surface area contributed by atoms with E-state index in [-0.39, 0.29) is 16.5 Å². The molecule has 0 saturated heterocycles. The first-order valence-corrected chi connectivity index (χ1v) is 6.45. The molecule has 0 fully saturated rings. The Hall–Kier alpha value is -2.33. The van der Waals surface area contributed by atoms with Crippen molar-refractivity contribution in [3.8, 4) is 6.07 Å². The zero-order chi connectivity index (χ0) is 13.2. The largest absolute Gasteiger partial charge is 0.431 e. The zero-order valence-electron chi connectivity index (χ0n) is 9.41. The lowest BCUT2D eigenvalue weighted by Gasteiger charge is -2.05. The quantitative estimate of drug-likeness (QED) is 0.908. The number of aryl methyl sites for hydroxylation is 1. The lowest BCUT2D eigenvalue weighted by atomic mass is 10.2. The number of hydrogen-bond acceptors (Lipinski definition) is 5. The van der Waals surface area contributed by atoms with Gasteiger partial charge in [0.25, 0.3) is 10.0 Å². The number of aromatic nitrogens is 1. The summed E-state index contributed by atoms with van der Waals surface area (Å²) in [5, 5.41) is 8.87. The van der Waals surface area contributed by atoms with E-state index in [1.54, 1.807) is 13.0 Å². The topological polar surface area (TPSA) is 96.0 Å². The monoisotopic (exact) mass is 263 g/mol. The zero-order valence-corrected chi connectivity index (χ0v) is 10.2. The third kappa shape index (κ3) is 2.33. The summed E-state index contributed by atoms with van der Waals surface area (Å²) in [5.74, 6) is 0. The Balaban J connectivity index is 2.40. The summed E-state index contributed by atoms with van der Waals surface area (Å²) in [6.07, 6.45) is 1.33. The standard InChI is InChI=1S/C11H9N3O3S/c1-8-7-17-11(13-8)14-18(15,16)10-5-3-2-4-9(10)6-12/h2-5,7H,1H3,(H,13,14). The smallest absolute Gasteiger partial charge is 0.309 e. The highest BCUT2D eigenvalue weighted by molar-refractivity contribution is 7.92. The summed E-state index contributed by atoms with van der Waals surface area (Å²) in [6.45, 7) is 1.67. The fourth-order valence-corrected chi connectivity index (χ4v) is 2.46. The molecule has 7 heteroatoms. The lowest BCUT2D eigenvalue weighted by molar-refractivity contribution is 0.569. The molecule has 0 aliphatic rings. The average molecular weight is 263 g/mol. The maximum Gasteiger partial charge on any atom is 0.309 e. The van der Waals surface area contributed by atoms with Crippen molar-refractivity contribution in [1.29, 1.82) is 5.26 Å². The number of nitrogens with one attached hydrogen (secondary N) is 1. The Morgan fingerprint density at radius 3 is 2.72 bits per heavy atom. The molecule has 2 aromatic rings. The van der Waals surface area contributed by atoms with Gasteiger partial charge in [0.2, 0.25) is 0 Å². The maximum absolute atomic E-state index is 12.0. The molecule has 0 atom stereocenters. The SMILES string of the molecule is Cc1coc(NS(=O)(=O)c2ccccc2C#N)n1. The summed E-state index contributed by atoms with van der Waals surface area (Å²) in [6, 6.07) is 7.60. The van der Waals surface area contributed by atoms with Gasteiger partial charge >= 0.3 is 6.01 Å². The molecule has 0 saturated carbocycles. The summed E-state index contributed by atoms with van der Waals surface area (Å²) < 4.78 is 31.1. The number of benzene rings is 1. The predicted octanol–water partition coefficient (Wildman–Crippen LogP) is 1.66. The van der Waals surface area contributed by atoms with Crippen LogP contribution in [0, 0.1) is 18.3 Å². The minimum Gasteiger partial charge on any atom is -0.431 e. The van der Waals surface area contributed by atoms with E-state index in [9.17, 15) is 8.42 Å². The minimum atomic E-state index is -3.87. The maximum atomic E-state index is 12.0. The molecular formula is C11H9N3O3S. The highest BCUT2D eigenvalue weighted by Gasteiger charge is 2.20. The molecule has 1 heterocycles. The highest BCUT2D eigenvalue weighted by atomic mass is 32.2. The van der Waals surface area contributed by atoms with Crippen LogP contribution in [0.25, 0.3) is 0 Å². The Bertz CT molecular complexity index is 713. The van der Waals surface area contributed by atoms with Crippen LogP contribution in [0.5, 0.6) is 0 Å². The summed E-state index contributed by atoms with van der Waals surface area (Å²) >= 11 is 0. The molecule has 0 bridgehead atoms. The van der Waals surface area contributed by atoms with Crippen molar-refractivity contribution in [2.24, 2.45) is 0 Å². The van der Waals surface area contributed by atoms with Gasteiger partial charge in [0.1, 0.15) is 17.2 Å². The van der Waals surface area contributed by atoms with Crippen LogP contribution in [0.3, 0.4) is 0 Å². The van der Waals surface area contributed by atoms with Crippen molar-refractivity contribution in [1.82, 2.24) is 4.98 Å². The van der Waals surface area contributed by atoms with Gasteiger partial charge in [-0.3, -0.25) is 0 Å². The molecule has 0 aliphatic heterocycles. The second-order valence-electron chi connectivity index (χ2n) is 3.51. The van der Waals surface area contributed by atoms with Gasteiger partial charge in [-0.15, -0.1) is 0 Å². The van der Waals surface area contributed by atoms with E-state index in [0.29, 0.717) is 5.69 Å². The first-order chi connectivity index (χ1) is 8.53. The van der Waals surface area contributed by atoms with Crippen LogP contribution in [-0.2, 0) is 10.0 Å². The third-order valence-corrected chi connectivity index (χ3v) is 3.52. The van der Waals surface area contributed by atoms with E-state index in [1.807, 2.05) is 6.07 Å². The first-order valence-electron chi connectivity index (χ1n) is 4.97. The van der Waals surface area contributed by atoms with Gasteiger partial charge in [0, 0.05) is 0 Å². The molecule has 0 aliphatic carbocycles. The number of rotatable bonds is 3. The molecule has 18 heavy (non-hydrogen) atoms. The Morgan fingerprint density at radius 2 is 2.11 bits per heavy atom. The molecular weight excluding hydrogens is 254 g/mol. The van der Waals surface area contributed by atoms with Crippen LogP contribution in [0.4, 0.5) is 6.01 Å². The highest BCUT2D eigenvalue weighted by Crippen LogP contribution is 2.18. The molecule has 6 nitrogen and oxygen atoms in total. The van der Waals surface area contributed by atoms with Crippen LogP contribution in [-0.4, -0.2) is 13.4 Å². The van der Waals surface area contributed by atoms with E-state index >= 15 is 0 Å². The van der Waals surface area contributed by atoms with Gasteiger partial charge in [-0.25, -0.2) is 13.1 Å². The van der Waals surface area contributed by atoms with Gasteiger partial charge in [-0.05, 0) is 19.1 Å². The Kier molecular flexibility index (Phi) is 3.04. The van der Waals surface area contributed by atoms with E-state index in [4.69, 9.17) is 9.68 Å². The molecule has 92 valence electrons. The van der Waals surface area contributed by atoms with Crippen molar-refractivity contribution in [2.75, 3.05) is 4.72 Å². The van der Waals surface area contributed by atoms with E-state index in [1.165, 1.54) is 24.5 Å². The fourth-order valence-electron chi connectivity index (χ4n) is 1.36. The molecule has 1 N–H and O–H groups in total. The summed E-state index contributed by atoms with van der Waals surface area (Å²) in [7, 11) is -3.87. The third-order valence-electron chi connectivity index (χ3n) is 2.14. The first kappa shape index (κ1) is 12.1. The number of hydrogen-bond donors (Lipinski definition) is 1. The van der Waals surface area contributed by atoms with Crippen LogP contribution < -0.4 is 4.72 Å². The summed E-state index contributed by atoms with van der Waals surface area (Å²) in [5.41, 5.74) is 0.620. The molecule has 0 unspecified atom stereocenters. The van der Waals surface area contributed by atoms with E-state index in [0.717, 1.165) is 0 Å². The van der Waals surface area contributed by atoms with Crippen LogP contribution in [0.2, 0.25) is 0 Å². The number of oxazole rings is 1. The second-order valence-corrected chi connectivity index (χ2v) is 5.16. The predicted molar refractivity (Wildman–Crippen MR) is 63.2 cm³/mol. The minimum absolute atomic E-state index is 0.0632. The molecule has 1 aromatic carbocycles. The van der Waals surface area contributed by atoms with Crippen molar-refractivity contribution < 1.29 is 12.8 Å². The molecule has 0 spiro atoms. The van der Waals surface area contributed by atoms with Crippen molar-refractivity contribution in [2.45, 2.75) is 11.8 Å². The van der Waals surface area contributed by atoms with Gasteiger partial charge in [0.05, 0.1) is 11.3 Å². The van der Waals surface area contributed by atoms with Crippen molar-refractivity contribution in [3.63, 3.8) is 0 Å². The second kappa shape index (κ2) is 4.50. The van der Waals surface area contributed by atoms with Gasteiger partial charge in [-0.2, -0.15) is 10.2 Å². The van der Waals surface area contributed by atoms with E-state index < -0.39 is 10.0 Å². The number of sulfonamides is 1. The number of nitrogens with zero attached hydrogens (tertiary/aromatic N) is 2. The van der Waals surface area contributed by atoms with Gasteiger partial charge in [0.15, 0.2) is 0 Å². The fraction of sp³-hybridized carbons (Fsp3) is 0.0909. The Morgan fingerprint density at radius 1 is 1.39 bits per heavy atom. The normalized spacial score (nSPS) is 10.9. The summed E-state index contributed by atoms with van der Waals surface area (Å²) in [4.78, 5) is 3.73. The lowest BCUT2D eigenvalue weighted by Crippen LogP contribution is -2.14. The molecule has 0 radical (unpaired) electrons. The van der Waals surface area contributed by atoms with Crippen LogP contribution in [0.1, 0.15) is 11.3 Å². The molecule has 1 aromatic heterocycles. The van der Waals surface area contributed by atoms with Crippen molar-refractivity contribution in [3.05, 3.63) is 41.8 Å². The molecule has 2 rings (SSSR count). The van der Waals surface area contributed by atoms with Gasteiger partial charge < -0.3 is 4.42 Å². The number of nitriles is 1. The number of anilines is 1. The molecule has 0 amide bonds. The van der Waals surface area contributed by atoms with Gasteiger partial charge in [-0.1, -0.05) is 12.1 Å². The van der Waals surface area contributed by atoms with Crippen LogP contribution >= 0.6 is 0 Å². The van der Waals surface area contributed by atoms with Crippen molar-refractivity contribution >= 4 is 16.0 Å². The average Bonchev–Trinajstić information content (AvgIpc) is 2.74. The Labute approximate surface area is 104 Å². The van der Waals surface area contributed by atoms with Crippen LogP contribution in [0.15, 0.2) is 39.8 Å². The van der Waals surface area contributed by atoms with E-state index in [2.05, 4.69) is 9.71 Å².